The van der Waals surface area contributed by atoms with Gasteiger partial charge in [0.25, 0.3) is 0 Å². The van der Waals surface area contributed by atoms with E-state index in [-0.39, 0.29) is 6.04 Å². The summed E-state index contributed by atoms with van der Waals surface area (Å²) in [7, 11) is 0. The second-order valence-electron chi connectivity index (χ2n) is 3.90. The van der Waals surface area contributed by atoms with Gasteiger partial charge in [0.05, 0.1) is 0 Å². The number of rotatable bonds is 5. The summed E-state index contributed by atoms with van der Waals surface area (Å²) in [6.07, 6.45) is 3.16. The molecule has 0 unspecified atom stereocenters. The van der Waals surface area contributed by atoms with Gasteiger partial charge in [0.1, 0.15) is 0 Å². The van der Waals surface area contributed by atoms with Gasteiger partial charge in [0.15, 0.2) is 0 Å². The van der Waals surface area contributed by atoms with Crippen LogP contribution < -0.4 is 11.5 Å². The zero-order chi connectivity index (χ0) is 11.3. The minimum atomic E-state index is 0.133. The van der Waals surface area contributed by atoms with E-state index < -0.39 is 0 Å². The summed E-state index contributed by atoms with van der Waals surface area (Å²) >= 11 is 3.52. The molecule has 0 fully saturated rings. The van der Waals surface area contributed by atoms with Gasteiger partial charge < -0.3 is 11.5 Å². The predicted octanol–water partition coefficient (Wildman–Crippen LogP) is 2.89. The van der Waals surface area contributed by atoms with Crippen LogP contribution in [0.4, 0.5) is 0 Å². The van der Waals surface area contributed by atoms with E-state index in [9.17, 15) is 0 Å². The smallest absolute Gasteiger partial charge is 0.0295 e. The summed E-state index contributed by atoms with van der Waals surface area (Å²) in [4.78, 5) is 0. The Labute approximate surface area is 100 Å². The molecule has 0 radical (unpaired) electrons. The molecule has 0 aliphatic rings. The van der Waals surface area contributed by atoms with E-state index in [2.05, 4.69) is 41.1 Å². The molecule has 3 heteroatoms. The Balaban J connectivity index is 2.57. The molecule has 0 aliphatic carbocycles. The highest BCUT2D eigenvalue weighted by molar-refractivity contribution is 9.10. The van der Waals surface area contributed by atoms with Crippen molar-refractivity contribution in [2.45, 2.75) is 32.2 Å². The van der Waals surface area contributed by atoms with Gasteiger partial charge in [-0.05, 0) is 43.5 Å². The molecule has 2 nitrogen and oxygen atoms in total. The molecule has 1 aromatic carbocycles. The lowest BCUT2D eigenvalue weighted by Crippen LogP contribution is -2.11. The standard InChI is InChI=1S/C12H19BrN2/c1-9-5-6-10(8-11(9)13)12(15)4-2-3-7-14/h5-6,8,12H,2-4,7,14-15H2,1H3/t12-/m1/s1. The van der Waals surface area contributed by atoms with Crippen molar-refractivity contribution in [3.05, 3.63) is 33.8 Å². The van der Waals surface area contributed by atoms with E-state index in [4.69, 9.17) is 11.5 Å². The Kier molecular flexibility index (Phi) is 5.29. The van der Waals surface area contributed by atoms with Crippen LogP contribution in [-0.4, -0.2) is 6.54 Å². The first kappa shape index (κ1) is 12.7. The Bertz CT molecular complexity index is 312. The zero-order valence-electron chi connectivity index (χ0n) is 9.17. The molecule has 1 rings (SSSR count). The molecule has 1 aromatic rings. The highest BCUT2D eigenvalue weighted by Gasteiger charge is 2.06. The van der Waals surface area contributed by atoms with Crippen LogP contribution in [0.1, 0.15) is 36.4 Å². The Morgan fingerprint density at radius 3 is 2.67 bits per heavy atom. The van der Waals surface area contributed by atoms with Gasteiger partial charge in [-0.3, -0.25) is 0 Å². The van der Waals surface area contributed by atoms with Crippen LogP contribution in [-0.2, 0) is 0 Å². The minimum Gasteiger partial charge on any atom is -0.330 e. The van der Waals surface area contributed by atoms with Crippen molar-refractivity contribution >= 4 is 15.9 Å². The van der Waals surface area contributed by atoms with E-state index in [1.807, 2.05) is 0 Å². The number of aryl methyl sites for hydroxylation is 1. The van der Waals surface area contributed by atoms with Gasteiger partial charge in [-0.1, -0.05) is 34.5 Å². The molecule has 0 bridgehead atoms. The molecular formula is C12H19BrN2. The number of hydrogen-bond acceptors (Lipinski definition) is 2. The van der Waals surface area contributed by atoms with Crippen molar-refractivity contribution in [3.63, 3.8) is 0 Å². The van der Waals surface area contributed by atoms with Crippen LogP contribution >= 0.6 is 15.9 Å². The lowest BCUT2D eigenvalue weighted by atomic mass is 10.0. The van der Waals surface area contributed by atoms with Crippen LogP contribution in [0.5, 0.6) is 0 Å². The van der Waals surface area contributed by atoms with Crippen LogP contribution in [0.3, 0.4) is 0 Å². The lowest BCUT2D eigenvalue weighted by Gasteiger charge is -2.12. The maximum atomic E-state index is 6.09. The van der Waals surface area contributed by atoms with E-state index in [0.717, 1.165) is 30.3 Å². The summed E-state index contributed by atoms with van der Waals surface area (Å²) in [5.41, 5.74) is 14.0. The molecule has 0 saturated carbocycles. The fraction of sp³-hybridized carbons (Fsp3) is 0.500. The fourth-order valence-electron chi connectivity index (χ4n) is 1.52. The first-order valence-corrected chi connectivity index (χ1v) is 6.16. The molecular weight excluding hydrogens is 252 g/mol. The molecule has 84 valence electrons. The normalized spacial score (nSPS) is 12.8. The quantitative estimate of drug-likeness (QED) is 0.809. The van der Waals surface area contributed by atoms with Crippen molar-refractivity contribution in [3.8, 4) is 0 Å². The minimum absolute atomic E-state index is 0.133. The highest BCUT2D eigenvalue weighted by atomic mass is 79.9. The molecule has 4 N–H and O–H groups in total. The van der Waals surface area contributed by atoms with Crippen LogP contribution in [0, 0.1) is 6.92 Å². The summed E-state index contributed by atoms with van der Waals surface area (Å²) in [5.74, 6) is 0. The zero-order valence-corrected chi connectivity index (χ0v) is 10.8. The van der Waals surface area contributed by atoms with E-state index in [1.165, 1.54) is 11.1 Å². The molecule has 0 aliphatic heterocycles. The van der Waals surface area contributed by atoms with Crippen molar-refractivity contribution in [1.29, 1.82) is 0 Å². The van der Waals surface area contributed by atoms with Gasteiger partial charge in [-0.15, -0.1) is 0 Å². The summed E-state index contributed by atoms with van der Waals surface area (Å²) in [6, 6.07) is 6.45. The molecule has 0 heterocycles. The first-order valence-electron chi connectivity index (χ1n) is 5.37. The average molecular weight is 271 g/mol. The predicted molar refractivity (Wildman–Crippen MR) is 68.7 cm³/mol. The Morgan fingerprint density at radius 2 is 2.07 bits per heavy atom. The molecule has 0 spiro atoms. The van der Waals surface area contributed by atoms with E-state index in [0.29, 0.717) is 0 Å². The van der Waals surface area contributed by atoms with Crippen LogP contribution in [0.25, 0.3) is 0 Å². The lowest BCUT2D eigenvalue weighted by molar-refractivity contribution is 0.591. The number of unbranched alkanes of at least 4 members (excludes halogenated alkanes) is 1. The topological polar surface area (TPSA) is 52.0 Å². The Morgan fingerprint density at radius 1 is 1.33 bits per heavy atom. The highest BCUT2D eigenvalue weighted by Crippen LogP contribution is 2.23. The summed E-state index contributed by atoms with van der Waals surface area (Å²) in [6.45, 7) is 2.83. The van der Waals surface area contributed by atoms with Crippen LogP contribution in [0.2, 0.25) is 0 Å². The SMILES string of the molecule is Cc1ccc([C@H](N)CCCCN)cc1Br. The third-order valence-corrected chi connectivity index (χ3v) is 3.45. The summed E-state index contributed by atoms with van der Waals surface area (Å²) in [5, 5.41) is 0. The number of hydrogen-bond donors (Lipinski definition) is 2. The van der Waals surface area contributed by atoms with Crippen LogP contribution in [0.15, 0.2) is 22.7 Å². The second-order valence-corrected chi connectivity index (χ2v) is 4.75. The molecule has 0 aromatic heterocycles. The van der Waals surface area contributed by atoms with Crippen molar-refractivity contribution < 1.29 is 0 Å². The maximum absolute atomic E-state index is 6.09. The molecule has 0 saturated heterocycles. The van der Waals surface area contributed by atoms with Gasteiger partial charge >= 0.3 is 0 Å². The van der Waals surface area contributed by atoms with E-state index >= 15 is 0 Å². The van der Waals surface area contributed by atoms with Gasteiger partial charge in [-0.2, -0.15) is 0 Å². The van der Waals surface area contributed by atoms with Crippen molar-refractivity contribution in [2.24, 2.45) is 11.5 Å². The van der Waals surface area contributed by atoms with Crippen molar-refractivity contribution in [1.82, 2.24) is 0 Å². The molecule has 1 atom stereocenters. The number of halogens is 1. The van der Waals surface area contributed by atoms with Crippen molar-refractivity contribution in [2.75, 3.05) is 6.54 Å². The second kappa shape index (κ2) is 6.26. The van der Waals surface area contributed by atoms with Gasteiger partial charge in [0, 0.05) is 10.5 Å². The van der Waals surface area contributed by atoms with Gasteiger partial charge in [0.2, 0.25) is 0 Å². The molecule has 15 heavy (non-hydrogen) atoms. The fourth-order valence-corrected chi connectivity index (χ4v) is 1.91. The third-order valence-electron chi connectivity index (χ3n) is 2.59. The summed E-state index contributed by atoms with van der Waals surface area (Å²) < 4.78 is 1.13. The largest absolute Gasteiger partial charge is 0.330 e. The van der Waals surface area contributed by atoms with E-state index in [1.54, 1.807) is 0 Å². The average Bonchev–Trinajstić information content (AvgIpc) is 2.22. The first-order chi connectivity index (χ1) is 7.15. The van der Waals surface area contributed by atoms with Gasteiger partial charge in [-0.25, -0.2) is 0 Å². The maximum Gasteiger partial charge on any atom is 0.0295 e. The molecule has 0 amide bonds. The monoisotopic (exact) mass is 270 g/mol. The third kappa shape index (κ3) is 3.93. The Hall–Kier alpha value is -0.380. The number of nitrogens with two attached hydrogens (primary N) is 2. The number of benzene rings is 1.